The van der Waals surface area contributed by atoms with Crippen LogP contribution in [0.4, 0.5) is 0 Å². The number of aromatic nitrogens is 1. The average Bonchev–Trinajstić information content (AvgIpc) is 2.23. The molecule has 0 aromatic carbocycles. The van der Waals surface area contributed by atoms with Crippen molar-refractivity contribution >= 4 is 15.9 Å². The standard InChI is InChI=1S/C12H15BrN2O/c1-14-5-8-4-9(7-14)11-3-2-10(13)12(16)15(11)6-8/h2-3,8-9H,4-7H2,1H3. The second-order valence-corrected chi connectivity index (χ2v) is 5.90. The normalized spacial score (nSPS) is 28.9. The van der Waals surface area contributed by atoms with Crippen molar-refractivity contribution in [1.29, 1.82) is 0 Å². The number of nitrogens with zero attached hydrogens (tertiary/aromatic N) is 2. The van der Waals surface area contributed by atoms with Crippen molar-refractivity contribution in [2.45, 2.75) is 18.9 Å². The Kier molecular flexibility index (Phi) is 2.44. The van der Waals surface area contributed by atoms with E-state index in [1.165, 1.54) is 12.1 Å². The molecule has 0 N–H and O–H groups in total. The van der Waals surface area contributed by atoms with Crippen LogP contribution in [-0.4, -0.2) is 29.6 Å². The minimum Gasteiger partial charge on any atom is -0.311 e. The van der Waals surface area contributed by atoms with E-state index in [4.69, 9.17) is 0 Å². The van der Waals surface area contributed by atoms with Crippen LogP contribution in [0.1, 0.15) is 18.0 Å². The quantitative estimate of drug-likeness (QED) is 0.723. The van der Waals surface area contributed by atoms with Crippen LogP contribution >= 0.6 is 15.9 Å². The molecule has 3 heterocycles. The Morgan fingerprint density at radius 1 is 1.31 bits per heavy atom. The number of halogens is 1. The van der Waals surface area contributed by atoms with Crippen molar-refractivity contribution in [3.63, 3.8) is 0 Å². The molecule has 0 spiro atoms. The molecule has 0 radical (unpaired) electrons. The highest BCUT2D eigenvalue weighted by Gasteiger charge is 2.33. The van der Waals surface area contributed by atoms with Crippen molar-refractivity contribution in [2.75, 3.05) is 20.1 Å². The van der Waals surface area contributed by atoms with Gasteiger partial charge in [-0.25, -0.2) is 0 Å². The first-order valence-electron chi connectivity index (χ1n) is 5.73. The SMILES string of the molecule is CN1CC2CC(C1)c1ccc(Br)c(=O)n1C2. The molecule has 0 saturated carbocycles. The van der Waals surface area contributed by atoms with E-state index in [1.54, 1.807) is 0 Å². The molecule has 2 atom stereocenters. The van der Waals surface area contributed by atoms with E-state index in [0.717, 1.165) is 19.6 Å². The zero-order valence-corrected chi connectivity index (χ0v) is 10.9. The van der Waals surface area contributed by atoms with Gasteiger partial charge in [0.1, 0.15) is 0 Å². The molecule has 2 aliphatic heterocycles. The lowest BCUT2D eigenvalue weighted by Gasteiger charge is -2.41. The molecule has 2 bridgehead atoms. The van der Waals surface area contributed by atoms with E-state index in [2.05, 4.69) is 33.9 Å². The molecule has 1 fully saturated rings. The molecular weight excluding hydrogens is 268 g/mol. The zero-order chi connectivity index (χ0) is 11.3. The van der Waals surface area contributed by atoms with Crippen LogP contribution < -0.4 is 5.56 Å². The molecule has 2 aliphatic rings. The van der Waals surface area contributed by atoms with Crippen LogP contribution in [0.15, 0.2) is 21.4 Å². The number of rotatable bonds is 0. The van der Waals surface area contributed by atoms with E-state index in [0.29, 0.717) is 16.3 Å². The molecular formula is C12H15BrN2O. The lowest BCUT2D eigenvalue weighted by Crippen LogP contribution is -2.45. The predicted octanol–water partition coefficient (Wildman–Crippen LogP) is 1.66. The first-order chi connectivity index (χ1) is 7.65. The van der Waals surface area contributed by atoms with Gasteiger partial charge in [-0.2, -0.15) is 0 Å². The summed E-state index contributed by atoms with van der Waals surface area (Å²) >= 11 is 3.32. The topological polar surface area (TPSA) is 25.2 Å². The summed E-state index contributed by atoms with van der Waals surface area (Å²) in [5.41, 5.74) is 1.35. The van der Waals surface area contributed by atoms with Gasteiger partial charge in [0.05, 0.1) is 4.47 Å². The first kappa shape index (κ1) is 10.5. The number of piperidine rings is 1. The monoisotopic (exact) mass is 282 g/mol. The maximum absolute atomic E-state index is 12.0. The fourth-order valence-corrected chi connectivity index (χ4v) is 3.50. The van der Waals surface area contributed by atoms with Gasteiger partial charge in [0.2, 0.25) is 0 Å². The molecule has 1 aromatic rings. The van der Waals surface area contributed by atoms with Gasteiger partial charge in [-0.15, -0.1) is 0 Å². The smallest absolute Gasteiger partial charge is 0.265 e. The highest BCUT2D eigenvalue weighted by atomic mass is 79.9. The lowest BCUT2D eigenvalue weighted by atomic mass is 9.83. The summed E-state index contributed by atoms with van der Waals surface area (Å²) in [4.78, 5) is 14.4. The van der Waals surface area contributed by atoms with Crippen LogP contribution in [0.25, 0.3) is 0 Å². The fourth-order valence-electron chi connectivity index (χ4n) is 3.16. The van der Waals surface area contributed by atoms with E-state index in [1.807, 2.05) is 10.6 Å². The Morgan fingerprint density at radius 3 is 2.94 bits per heavy atom. The fraction of sp³-hybridized carbons (Fsp3) is 0.583. The number of pyridine rings is 1. The average molecular weight is 283 g/mol. The second kappa shape index (κ2) is 3.70. The number of fused-ring (bicyclic) bond motifs is 4. The largest absolute Gasteiger partial charge is 0.311 e. The molecule has 0 aliphatic carbocycles. The molecule has 1 aromatic heterocycles. The minimum atomic E-state index is 0.136. The van der Waals surface area contributed by atoms with Gasteiger partial charge in [0.25, 0.3) is 5.56 Å². The molecule has 3 rings (SSSR count). The van der Waals surface area contributed by atoms with E-state index in [-0.39, 0.29) is 5.56 Å². The highest BCUT2D eigenvalue weighted by molar-refractivity contribution is 9.10. The van der Waals surface area contributed by atoms with Gasteiger partial charge in [0, 0.05) is 31.2 Å². The van der Waals surface area contributed by atoms with Crippen LogP contribution in [0, 0.1) is 5.92 Å². The third-order valence-electron chi connectivity index (χ3n) is 3.74. The van der Waals surface area contributed by atoms with Crippen LogP contribution in [0.2, 0.25) is 0 Å². The van der Waals surface area contributed by atoms with E-state index < -0.39 is 0 Å². The zero-order valence-electron chi connectivity index (χ0n) is 9.32. The molecule has 86 valence electrons. The number of likely N-dealkylation sites (tertiary alicyclic amines) is 1. The number of hydrogen-bond donors (Lipinski definition) is 0. The Balaban J connectivity index is 2.12. The molecule has 4 heteroatoms. The third kappa shape index (κ3) is 1.55. The Hall–Kier alpha value is -0.610. The van der Waals surface area contributed by atoms with Crippen molar-refractivity contribution in [3.05, 3.63) is 32.7 Å². The van der Waals surface area contributed by atoms with Gasteiger partial charge in [-0.1, -0.05) is 0 Å². The summed E-state index contributed by atoms with van der Waals surface area (Å²) in [7, 11) is 2.17. The van der Waals surface area contributed by atoms with Crippen molar-refractivity contribution in [1.82, 2.24) is 9.47 Å². The summed E-state index contributed by atoms with van der Waals surface area (Å²) in [5, 5.41) is 0. The number of likely N-dealkylation sites (N-methyl/N-ethyl adjacent to an activating group) is 1. The van der Waals surface area contributed by atoms with Crippen LogP contribution in [-0.2, 0) is 6.54 Å². The van der Waals surface area contributed by atoms with Crippen LogP contribution in [0.5, 0.6) is 0 Å². The summed E-state index contributed by atoms with van der Waals surface area (Å²) < 4.78 is 2.65. The summed E-state index contributed by atoms with van der Waals surface area (Å²) in [6.45, 7) is 3.08. The summed E-state index contributed by atoms with van der Waals surface area (Å²) in [5.74, 6) is 1.18. The van der Waals surface area contributed by atoms with Crippen molar-refractivity contribution < 1.29 is 0 Å². The third-order valence-corrected chi connectivity index (χ3v) is 4.34. The summed E-state index contributed by atoms with van der Waals surface area (Å²) in [6.07, 6.45) is 1.24. The van der Waals surface area contributed by atoms with E-state index >= 15 is 0 Å². The second-order valence-electron chi connectivity index (χ2n) is 5.04. The maximum atomic E-state index is 12.0. The van der Waals surface area contributed by atoms with Gasteiger partial charge in [-0.3, -0.25) is 4.79 Å². The Labute approximate surface area is 103 Å². The van der Waals surface area contributed by atoms with Gasteiger partial charge in [-0.05, 0) is 47.4 Å². The van der Waals surface area contributed by atoms with Crippen molar-refractivity contribution in [3.8, 4) is 0 Å². The molecule has 3 nitrogen and oxygen atoms in total. The van der Waals surface area contributed by atoms with Crippen molar-refractivity contribution in [2.24, 2.45) is 5.92 Å². The van der Waals surface area contributed by atoms with Gasteiger partial charge in [0.15, 0.2) is 0 Å². The molecule has 2 unspecified atom stereocenters. The Morgan fingerprint density at radius 2 is 2.12 bits per heavy atom. The van der Waals surface area contributed by atoms with Gasteiger partial charge < -0.3 is 9.47 Å². The molecule has 16 heavy (non-hydrogen) atoms. The predicted molar refractivity (Wildman–Crippen MR) is 66.7 cm³/mol. The highest BCUT2D eigenvalue weighted by Crippen LogP contribution is 2.34. The van der Waals surface area contributed by atoms with Gasteiger partial charge >= 0.3 is 0 Å². The molecule has 0 amide bonds. The van der Waals surface area contributed by atoms with E-state index in [9.17, 15) is 4.79 Å². The molecule has 1 saturated heterocycles. The van der Waals surface area contributed by atoms with Crippen LogP contribution in [0.3, 0.4) is 0 Å². The maximum Gasteiger partial charge on any atom is 0.265 e. The first-order valence-corrected chi connectivity index (χ1v) is 6.52. The Bertz CT molecular complexity index is 482. The lowest BCUT2D eigenvalue weighted by molar-refractivity contribution is 0.144. The number of hydrogen-bond acceptors (Lipinski definition) is 2. The minimum absolute atomic E-state index is 0.136. The summed E-state index contributed by atoms with van der Waals surface area (Å²) in [6, 6.07) is 3.99.